The fraction of sp³-hybridized carbons (Fsp3) is 0.182. The van der Waals surface area contributed by atoms with Crippen LogP contribution >= 0.6 is 0 Å². The van der Waals surface area contributed by atoms with E-state index >= 15 is 0 Å². The molecule has 40 heavy (non-hydrogen) atoms. The SMILES string of the molecule is COc1ccc(C(=O)c2ccc(OC(=O)Oc3ccc(C(C)c4ccc(OC(C)=O)c(C)c4)cc3C)cc2)cc1. The van der Waals surface area contributed by atoms with Gasteiger partial charge in [-0.1, -0.05) is 31.2 Å². The van der Waals surface area contributed by atoms with Crippen molar-refractivity contribution in [1.29, 1.82) is 0 Å². The van der Waals surface area contributed by atoms with Crippen LogP contribution in [0.15, 0.2) is 84.9 Å². The van der Waals surface area contributed by atoms with Crippen molar-refractivity contribution in [3.8, 4) is 23.0 Å². The first-order valence-corrected chi connectivity index (χ1v) is 12.7. The van der Waals surface area contributed by atoms with Crippen LogP contribution in [0, 0.1) is 13.8 Å². The molecule has 0 amide bonds. The highest BCUT2D eigenvalue weighted by Crippen LogP contribution is 2.31. The summed E-state index contributed by atoms with van der Waals surface area (Å²) in [6.45, 7) is 7.20. The molecular formula is C33H30O7. The molecule has 1 atom stereocenters. The van der Waals surface area contributed by atoms with Gasteiger partial charge in [0.1, 0.15) is 23.0 Å². The second-order valence-electron chi connectivity index (χ2n) is 9.40. The standard InChI is InChI=1S/C33H30O7/c1-20-18-26(10-16-30(20)38-23(4)34)22(3)27-11-17-31(21(2)19-27)40-33(36)39-29-14-8-25(9-15-29)32(35)24-6-12-28(37-5)13-7-24/h6-19,22H,1-5H3. The molecule has 0 spiro atoms. The summed E-state index contributed by atoms with van der Waals surface area (Å²) in [6, 6.07) is 24.4. The number of carbonyl (C=O) groups is 3. The van der Waals surface area contributed by atoms with E-state index in [1.807, 2.05) is 38.1 Å². The van der Waals surface area contributed by atoms with Crippen molar-refractivity contribution in [2.24, 2.45) is 0 Å². The van der Waals surface area contributed by atoms with Crippen LogP contribution in [0.5, 0.6) is 23.0 Å². The molecule has 7 heteroatoms. The van der Waals surface area contributed by atoms with E-state index in [-0.39, 0.29) is 23.4 Å². The topological polar surface area (TPSA) is 88.1 Å². The maximum atomic E-state index is 12.7. The van der Waals surface area contributed by atoms with Gasteiger partial charge in [0.2, 0.25) is 0 Å². The van der Waals surface area contributed by atoms with E-state index in [0.717, 1.165) is 22.3 Å². The maximum Gasteiger partial charge on any atom is 0.519 e. The minimum absolute atomic E-state index is 0.0592. The fourth-order valence-corrected chi connectivity index (χ4v) is 4.25. The Labute approximate surface area is 233 Å². The van der Waals surface area contributed by atoms with Gasteiger partial charge in [-0.05, 0) is 96.8 Å². The molecule has 0 aliphatic rings. The van der Waals surface area contributed by atoms with E-state index in [1.54, 1.807) is 67.8 Å². The zero-order valence-corrected chi connectivity index (χ0v) is 23.0. The first-order chi connectivity index (χ1) is 19.1. The lowest BCUT2D eigenvalue weighted by Gasteiger charge is -2.16. The molecule has 4 aromatic carbocycles. The molecule has 0 bridgehead atoms. The molecule has 0 heterocycles. The van der Waals surface area contributed by atoms with Gasteiger partial charge in [-0.15, -0.1) is 0 Å². The van der Waals surface area contributed by atoms with Gasteiger partial charge in [-0.25, -0.2) is 4.79 Å². The quantitative estimate of drug-likeness (QED) is 0.101. The van der Waals surface area contributed by atoms with E-state index in [4.69, 9.17) is 18.9 Å². The molecule has 4 aromatic rings. The highest BCUT2D eigenvalue weighted by molar-refractivity contribution is 6.09. The number of hydrogen-bond acceptors (Lipinski definition) is 7. The minimum atomic E-state index is -0.880. The number of benzene rings is 4. The van der Waals surface area contributed by atoms with Gasteiger partial charge in [0.25, 0.3) is 0 Å². The highest BCUT2D eigenvalue weighted by atomic mass is 16.7. The summed E-state index contributed by atoms with van der Waals surface area (Å²) in [6.07, 6.45) is -0.880. The van der Waals surface area contributed by atoms with Gasteiger partial charge in [0.15, 0.2) is 5.78 Å². The van der Waals surface area contributed by atoms with Gasteiger partial charge in [-0.2, -0.15) is 0 Å². The average Bonchev–Trinajstić information content (AvgIpc) is 2.94. The molecular weight excluding hydrogens is 508 g/mol. The van der Waals surface area contributed by atoms with Crippen molar-refractivity contribution in [2.45, 2.75) is 33.6 Å². The van der Waals surface area contributed by atoms with Gasteiger partial charge >= 0.3 is 12.1 Å². The summed E-state index contributed by atoms with van der Waals surface area (Å²) in [4.78, 5) is 36.4. The van der Waals surface area contributed by atoms with Crippen molar-refractivity contribution >= 4 is 17.9 Å². The molecule has 0 aliphatic carbocycles. The lowest BCUT2D eigenvalue weighted by molar-refractivity contribution is -0.131. The number of ether oxygens (including phenoxy) is 4. The number of esters is 1. The van der Waals surface area contributed by atoms with Gasteiger partial charge in [-0.3, -0.25) is 9.59 Å². The molecule has 204 valence electrons. The Morgan fingerprint density at radius 2 is 1.10 bits per heavy atom. The van der Waals surface area contributed by atoms with Gasteiger partial charge in [0, 0.05) is 24.0 Å². The van der Waals surface area contributed by atoms with Crippen molar-refractivity contribution in [3.63, 3.8) is 0 Å². The Morgan fingerprint density at radius 3 is 1.55 bits per heavy atom. The van der Waals surface area contributed by atoms with E-state index in [0.29, 0.717) is 28.4 Å². The third kappa shape index (κ3) is 6.74. The fourth-order valence-electron chi connectivity index (χ4n) is 4.25. The van der Waals surface area contributed by atoms with Crippen LogP contribution in [0.2, 0.25) is 0 Å². The van der Waals surface area contributed by atoms with E-state index in [2.05, 4.69) is 6.92 Å². The lowest BCUT2D eigenvalue weighted by Crippen LogP contribution is -2.14. The molecule has 0 fully saturated rings. The normalized spacial score (nSPS) is 11.3. The Balaban J connectivity index is 1.38. The van der Waals surface area contributed by atoms with Crippen LogP contribution in [0.1, 0.15) is 57.9 Å². The number of aryl methyl sites for hydroxylation is 2. The van der Waals surface area contributed by atoms with Crippen molar-refractivity contribution in [2.75, 3.05) is 7.11 Å². The Hall–Kier alpha value is -4.91. The number of ketones is 1. The summed E-state index contributed by atoms with van der Waals surface area (Å²) in [7, 11) is 1.56. The largest absolute Gasteiger partial charge is 0.519 e. The smallest absolute Gasteiger partial charge is 0.497 e. The molecule has 0 saturated carbocycles. The van der Waals surface area contributed by atoms with E-state index < -0.39 is 6.16 Å². The van der Waals surface area contributed by atoms with Crippen LogP contribution in [-0.2, 0) is 4.79 Å². The Kier molecular flexibility index (Phi) is 8.64. The Morgan fingerprint density at radius 1 is 0.625 bits per heavy atom. The van der Waals surface area contributed by atoms with Crippen LogP contribution in [0.25, 0.3) is 0 Å². The third-order valence-electron chi connectivity index (χ3n) is 6.51. The van der Waals surface area contributed by atoms with Crippen LogP contribution in [0.4, 0.5) is 4.79 Å². The van der Waals surface area contributed by atoms with Crippen LogP contribution < -0.4 is 18.9 Å². The number of hydrogen-bond donors (Lipinski definition) is 0. The monoisotopic (exact) mass is 538 g/mol. The lowest BCUT2D eigenvalue weighted by atomic mass is 9.91. The van der Waals surface area contributed by atoms with Crippen LogP contribution in [-0.4, -0.2) is 25.0 Å². The predicted molar refractivity (Wildman–Crippen MR) is 151 cm³/mol. The molecule has 0 aromatic heterocycles. The summed E-state index contributed by atoms with van der Waals surface area (Å²) >= 11 is 0. The average molecular weight is 539 g/mol. The summed E-state index contributed by atoms with van der Waals surface area (Å²) in [5.41, 5.74) is 4.73. The third-order valence-corrected chi connectivity index (χ3v) is 6.51. The summed E-state index contributed by atoms with van der Waals surface area (Å²) in [5, 5.41) is 0. The Bertz CT molecular complexity index is 1540. The molecule has 7 nitrogen and oxygen atoms in total. The van der Waals surface area contributed by atoms with Crippen molar-refractivity contribution in [3.05, 3.63) is 118 Å². The first kappa shape index (κ1) is 28.1. The zero-order valence-electron chi connectivity index (χ0n) is 23.0. The van der Waals surface area contributed by atoms with Crippen molar-refractivity contribution in [1.82, 2.24) is 0 Å². The molecule has 1 unspecified atom stereocenters. The van der Waals surface area contributed by atoms with E-state index in [1.165, 1.54) is 6.92 Å². The zero-order chi connectivity index (χ0) is 28.8. The number of carbonyl (C=O) groups excluding carboxylic acids is 3. The first-order valence-electron chi connectivity index (χ1n) is 12.7. The highest BCUT2D eigenvalue weighted by Gasteiger charge is 2.16. The second kappa shape index (κ2) is 12.3. The number of methoxy groups -OCH3 is 1. The summed E-state index contributed by atoms with van der Waals surface area (Å²) < 4.78 is 21.1. The molecule has 4 rings (SSSR count). The van der Waals surface area contributed by atoms with Crippen molar-refractivity contribution < 1.29 is 33.3 Å². The van der Waals surface area contributed by atoms with Gasteiger partial charge in [0.05, 0.1) is 7.11 Å². The molecule has 0 N–H and O–H groups in total. The molecule has 0 saturated heterocycles. The van der Waals surface area contributed by atoms with Crippen LogP contribution in [0.3, 0.4) is 0 Å². The predicted octanol–water partition coefficient (Wildman–Crippen LogP) is 7.20. The maximum absolute atomic E-state index is 12.7. The number of rotatable bonds is 8. The molecule has 0 aliphatic heterocycles. The second-order valence-corrected chi connectivity index (χ2v) is 9.40. The minimum Gasteiger partial charge on any atom is -0.497 e. The van der Waals surface area contributed by atoms with Gasteiger partial charge < -0.3 is 18.9 Å². The summed E-state index contributed by atoms with van der Waals surface area (Å²) in [5.74, 6) is 1.40. The molecule has 0 radical (unpaired) electrons. The van der Waals surface area contributed by atoms with E-state index in [9.17, 15) is 14.4 Å².